The third-order valence-corrected chi connectivity index (χ3v) is 6.21. The minimum absolute atomic E-state index is 0.0406. The fourth-order valence-electron chi connectivity index (χ4n) is 1.60. The molecule has 0 aliphatic carbocycles. The fourth-order valence-corrected chi connectivity index (χ4v) is 4.72. The van der Waals surface area contributed by atoms with Crippen molar-refractivity contribution in [1.82, 2.24) is 4.72 Å². The Bertz CT molecular complexity index is 728. The lowest BCUT2D eigenvalue weighted by atomic mass is 10.3. The summed E-state index contributed by atoms with van der Waals surface area (Å²) in [6, 6.07) is 7.39. The Kier molecular flexibility index (Phi) is 5.00. The van der Waals surface area contributed by atoms with E-state index in [1.54, 1.807) is 19.1 Å². The zero-order valence-corrected chi connectivity index (χ0v) is 14.1. The highest BCUT2D eigenvalue weighted by molar-refractivity contribution is 7.89. The van der Waals surface area contributed by atoms with Crippen LogP contribution in [0.2, 0.25) is 14.4 Å². The first kappa shape index (κ1) is 16.1. The summed E-state index contributed by atoms with van der Waals surface area (Å²) in [6.45, 7) is 1.73. The molecule has 2 aromatic rings. The van der Waals surface area contributed by atoms with E-state index in [1.165, 1.54) is 29.5 Å². The summed E-state index contributed by atoms with van der Waals surface area (Å²) in [6.07, 6.45) is 0. The van der Waals surface area contributed by atoms with Crippen LogP contribution in [0, 0.1) is 0 Å². The van der Waals surface area contributed by atoms with E-state index in [1.807, 2.05) is 0 Å². The fraction of sp³-hybridized carbons (Fsp3) is 0.167. The molecule has 8 heteroatoms. The molecule has 0 fully saturated rings. The highest BCUT2D eigenvalue weighted by atomic mass is 35.5. The molecule has 20 heavy (non-hydrogen) atoms. The van der Waals surface area contributed by atoms with Gasteiger partial charge in [0.15, 0.2) is 0 Å². The first-order valence-electron chi connectivity index (χ1n) is 5.52. The maximum absolute atomic E-state index is 12.3. The Hall–Kier alpha value is -0.300. The molecule has 0 saturated carbocycles. The van der Waals surface area contributed by atoms with Crippen LogP contribution in [0.15, 0.2) is 35.2 Å². The van der Waals surface area contributed by atoms with Crippen LogP contribution in [0.3, 0.4) is 0 Å². The number of hydrogen-bond acceptors (Lipinski definition) is 3. The lowest BCUT2D eigenvalue weighted by Crippen LogP contribution is -2.26. The summed E-state index contributed by atoms with van der Waals surface area (Å²) in [5, 5.41) is 0.430. The molecular formula is C12H10Cl3NO2S2. The molecule has 0 aliphatic heterocycles. The van der Waals surface area contributed by atoms with Crippen LogP contribution in [-0.4, -0.2) is 8.42 Å². The van der Waals surface area contributed by atoms with E-state index >= 15 is 0 Å². The average molecular weight is 371 g/mol. The van der Waals surface area contributed by atoms with Gasteiger partial charge in [-0.25, -0.2) is 13.1 Å². The predicted octanol–water partition coefficient (Wildman–Crippen LogP) is 4.75. The summed E-state index contributed by atoms with van der Waals surface area (Å²) in [7, 11) is -3.75. The van der Waals surface area contributed by atoms with E-state index in [9.17, 15) is 8.42 Å². The Balaban J connectivity index is 2.29. The highest BCUT2D eigenvalue weighted by Crippen LogP contribution is 2.29. The van der Waals surface area contributed by atoms with Gasteiger partial charge < -0.3 is 0 Å². The van der Waals surface area contributed by atoms with Crippen LogP contribution in [0.5, 0.6) is 0 Å². The van der Waals surface area contributed by atoms with Gasteiger partial charge in [-0.3, -0.25) is 0 Å². The minimum atomic E-state index is -3.75. The third kappa shape index (κ3) is 3.67. The SMILES string of the molecule is CC(NS(=O)(=O)c1cc(Cl)ccc1Cl)c1ccc(Cl)s1. The van der Waals surface area contributed by atoms with Crippen LogP contribution in [0.25, 0.3) is 0 Å². The molecule has 1 aromatic heterocycles. The summed E-state index contributed by atoms with van der Waals surface area (Å²) in [5.41, 5.74) is 0. The normalized spacial score (nSPS) is 13.4. The standard InChI is InChI=1S/C12H10Cl3NO2S2/c1-7(10-4-5-12(15)19-10)16-20(17,18)11-6-8(13)2-3-9(11)14/h2-7,16H,1H3. The van der Waals surface area contributed by atoms with E-state index in [-0.39, 0.29) is 9.92 Å². The van der Waals surface area contributed by atoms with Gasteiger partial charge in [0, 0.05) is 9.90 Å². The lowest BCUT2D eigenvalue weighted by Gasteiger charge is -2.13. The lowest BCUT2D eigenvalue weighted by molar-refractivity contribution is 0.568. The van der Waals surface area contributed by atoms with Crippen LogP contribution >= 0.6 is 46.1 Å². The van der Waals surface area contributed by atoms with Crippen molar-refractivity contribution in [2.45, 2.75) is 17.9 Å². The first-order valence-corrected chi connectivity index (χ1v) is 8.95. The number of nitrogens with one attached hydrogen (secondary N) is 1. The van der Waals surface area contributed by atoms with Crippen LogP contribution in [-0.2, 0) is 10.0 Å². The van der Waals surface area contributed by atoms with Crippen molar-refractivity contribution in [2.24, 2.45) is 0 Å². The quantitative estimate of drug-likeness (QED) is 0.844. The van der Waals surface area contributed by atoms with Crippen molar-refractivity contribution < 1.29 is 8.42 Å². The zero-order chi connectivity index (χ0) is 14.9. The van der Waals surface area contributed by atoms with Crippen molar-refractivity contribution in [2.75, 3.05) is 0 Å². The monoisotopic (exact) mass is 369 g/mol. The number of halogens is 3. The van der Waals surface area contributed by atoms with Crippen LogP contribution < -0.4 is 4.72 Å². The van der Waals surface area contributed by atoms with Gasteiger partial charge in [-0.05, 0) is 37.3 Å². The van der Waals surface area contributed by atoms with Gasteiger partial charge in [0.2, 0.25) is 10.0 Å². The van der Waals surface area contributed by atoms with Crippen molar-refractivity contribution in [1.29, 1.82) is 0 Å². The summed E-state index contributed by atoms with van der Waals surface area (Å²) in [5.74, 6) is 0. The number of hydrogen-bond donors (Lipinski definition) is 1. The maximum atomic E-state index is 12.3. The summed E-state index contributed by atoms with van der Waals surface area (Å²) >= 11 is 18.9. The minimum Gasteiger partial charge on any atom is -0.207 e. The second-order valence-corrected chi connectivity index (χ2v) is 8.33. The zero-order valence-electron chi connectivity index (χ0n) is 10.2. The molecular weight excluding hydrogens is 361 g/mol. The number of rotatable bonds is 4. The third-order valence-electron chi connectivity index (χ3n) is 2.54. The first-order chi connectivity index (χ1) is 9.29. The van der Waals surface area contributed by atoms with Gasteiger partial charge in [-0.15, -0.1) is 11.3 Å². The topological polar surface area (TPSA) is 46.2 Å². The molecule has 1 atom stereocenters. The van der Waals surface area contributed by atoms with Gasteiger partial charge in [-0.1, -0.05) is 34.8 Å². The number of sulfonamides is 1. The average Bonchev–Trinajstić information content (AvgIpc) is 2.78. The Morgan fingerprint density at radius 3 is 2.45 bits per heavy atom. The summed E-state index contributed by atoms with van der Waals surface area (Å²) < 4.78 is 27.8. The van der Waals surface area contributed by atoms with Gasteiger partial charge in [0.05, 0.1) is 15.4 Å². The van der Waals surface area contributed by atoms with E-state index in [4.69, 9.17) is 34.8 Å². The van der Waals surface area contributed by atoms with E-state index in [0.717, 1.165) is 4.88 Å². The molecule has 0 radical (unpaired) electrons. The molecule has 3 nitrogen and oxygen atoms in total. The Morgan fingerprint density at radius 2 is 1.85 bits per heavy atom. The van der Waals surface area contributed by atoms with Crippen LogP contribution in [0.4, 0.5) is 0 Å². The molecule has 0 spiro atoms. The van der Waals surface area contributed by atoms with Crippen molar-refractivity contribution in [3.8, 4) is 0 Å². The largest absolute Gasteiger partial charge is 0.242 e. The molecule has 0 bridgehead atoms. The number of thiophene rings is 1. The van der Waals surface area contributed by atoms with Gasteiger partial charge in [0.25, 0.3) is 0 Å². The molecule has 108 valence electrons. The van der Waals surface area contributed by atoms with Crippen molar-refractivity contribution in [3.63, 3.8) is 0 Å². The number of benzene rings is 1. The second kappa shape index (κ2) is 6.22. The molecule has 2 rings (SSSR count). The van der Waals surface area contributed by atoms with Crippen LogP contribution in [0.1, 0.15) is 17.8 Å². The van der Waals surface area contributed by atoms with Gasteiger partial charge in [0.1, 0.15) is 4.90 Å². The smallest absolute Gasteiger partial charge is 0.207 e. The molecule has 1 aromatic carbocycles. The predicted molar refractivity (Wildman–Crippen MR) is 84.5 cm³/mol. The summed E-state index contributed by atoms with van der Waals surface area (Å²) in [4.78, 5) is 0.776. The highest BCUT2D eigenvalue weighted by Gasteiger charge is 2.22. The second-order valence-electron chi connectivity index (χ2n) is 4.06. The Morgan fingerprint density at radius 1 is 1.15 bits per heavy atom. The van der Waals surface area contributed by atoms with E-state index < -0.39 is 16.1 Å². The van der Waals surface area contributed by atoms with E-state index in [2.05, 4.69) is 4.72 Å². The van der Waals surface area contributed by atoms with Crippen molar-refractivity contribution in [3.05, 3.63) is 49.6 Å². The molecule has 0 amide bonds. The molecule has 0 saturated heterocycles. The molecule has 1 unspecified atom stereocenters. The molecule has 0 aliphatic rings. The molecule has 1 N–H and O–H groups in total. The van der Waals surface area contributed by atoms with E-state index in [0.29, 0.717) is 9.36 Å². The maximum Gasteiger partial charge on any atom is 0.242 e. The van der Waals surface area contributed by atoms with Crippen molar-refractivity contribution >= 4 is 56.2 Å². The van der Waals surface area contributed by atoms with Gasteiger partial charge in [-0.2, -0.15) is 0 Å². The van der Waals surface area contributed by atoms with Gasteiger partial charge >= 0.3 is 0 Å². The molecule has 1 heterocycles. The Labute approximate surface area is 136 Å².